The first-order valence-electron chi connectivity index (χ1n) is 10.6. The molecule has 0 aromatic carbocycles. The second-order valence-electron chi connectivity index (χ2n) is 6.75. The number of imide groups is 1. The lowest BCUT2D eigenvalue weighted by atomic mass is 10.2. The summed E-state index contributed by atoms with van der Waals surface area (Å²) in [5, 5.41) is 9.91. The standard InChI is InChI=1S/C18H31N3O6.C2HF3O2/c19-7-2-10-25-12-14-27-15-13-26-11-3-8-20-16(22)4-1-9-21-17(23)5-6-18(21)24;3-2(4,5)1(6)7/h5-6H,1-4,7-15,19H2,(H,20,22);(H,6,7). The van der Waals surface area contributed by atoms with Crippen LogP contribution in [-0.4, -0.2) is 99.1 Å². The van der Waals surface area contributed by atoms with Crippen molar-refractivity contribution >= 4 is 23.7 Å². The first kappa shape index (κ1) is 31.4. The van der Waals surface area contributed by atoms with Gasteiger partial charge in [-0.15, -0.1) is 0 Å². The summed E-state index contributed by atoms with van der Waals surface area (Å²) in [6, 6.07) is 0. The predicted octanol–water partition coefficient (Wildman–Crippen LogP) is 0.230. The molecule has 1 heterocycles. The number of carbonyl (C=O) groups is 4. The molecule has 0 aromatic heterocycles. The average molecular weight is 499 g/mol. The third-order valence-corrected chi connectivity index (χ3v) is 3.95. The summed E-state index contributed by atoms with van der Waals surface area (Å²) in [4.78, 5) is 44.4. The van der Waals surface area contributed by atoms with E-state index in [1.807, 2.05) is 0 Å². The Hall–Kier alpha value is -2.55. The molecule has 4 N–H and O–H groups in total. The van der Waals surface area contributed by atoms with Crippen LogP contribution in [0.5, 0.6) is 0 Å². The predicted molar refractivity (Wildman–Crippen MR) is 113 cm³/mol. The van der Waals surface area contributed by atoms with Crippen molar-refractivity contribution in [3.05, 3.63) is 12.2 Å². The molecule has 0 aromatic rings. The topological polar surface area (TPSA) is 157 Å². The molecule has 1 aliphatic heterocycles. The molecule has 1 rings (SSSR count). The van der Waals surface area contributed by atoms with Crippen molar-refractivity contribution < 1.29 is 51.7 Å². The molecule has 0 saturated carbocycles. The lowest BCUT2D eigenvalue weighted by molar-refractivity contribution is -0.192. The van der Waals surface area contributed by atoms with Crippen LogP contribution in [0, 0.1) is 0 Å². The first-order chi connectivity index (χ1) is 16.1. The van der Waals surface area contributed by atoms with Crippen LogP contribution in [0.15, 0.2) is 12.2 Å². The molecular weight excluding hydrogens is 467 g/mol. The quantitative estimate of drug-likeness (QED) is 0.188. The fourth-order valence-corrected chi connectivity index (χ4v) is 2.27. The van der Waals surface area contributed by atoms with E-state index in [0.29, 0.717) is 65.6 Å². The van der Waals surface area contributed by atoms with Crippen molar-refractivity contribution in [1.29, 1.82) is 0 Å². The van der Waals surface area contributed by atoms with Crippen LogP contribution in [0.25, 0.3) is 0 Å². The van der Waals surface area contributed by atoms with E-state index in [-0.39, 0.29) is 30.7 Å². The van der Waals surface area contributed by atoms with Gasteiger partial charge in [0.25, 0.3) is 11.8 Å². The fourth-order valence-electron chi connectivity index (χ4n) is 2.27. The minimum absolute atomic E-state index is 0.0972. The highest BCUT2D eigenvalue weighted by Gasteiger charge is 2.38. The van der Waals surface area contributed by atoms with Crippen LogP contribution < -0.4 is 11.1 Å². The summed E-state index contributed by atoms with van der Waals surface area (Å²) in [6.07, 6.45) is -0.306. The summed E-state index contributed by atoms with van der Waals surface area (Å²) >= 11 is 0. The smallest absolute Gasteiger partial charge is 0.475 e. The van der Waals surface area contributed by atoms with Gasteiger partial charge in [0.1, 0.15) is 0 Å². The number of rotatable bonds is 17. The van der Waals surface area contributed by atoms with Crippen molar-refractivity contribution in [2.45, 2.75) is 31.9 Å². The van der Waals surface area contributed by atoms with Gasteiger partial charge in [-0.25, -0.2) is 4.79 Å². The van der Waals surface area contributed by atoms with E-state index in [4.69, 9.17) is 29.8 Å². The van der Waals surface area contributed by atoms with Gasteiger partial charge in [0.2, 0.25) is 5.91 Å². The second-order valence-corrected chi connectivity index (χ2v) is 6.75. The molecule has 0 fully saturated rings. The molecule has 0 bridgehead atoms. The van der Waals surface area contributed by atoms with Gasteiger partial charge in [0.05, 0.1) is 26.4 Å². The van der Waals surface area contributed by atoms with E-state index in [0.717, 1.165) is 11.3 Å². The molecule has 34 heavy (non-hydrogen) atoms. The lowest BCUT2D eigenvalue weighted by Crippen LogP contribution is -2.32. The van der Waals surface area contributed by atoms with E-state index >= 15 is 0 Å². The Morgan fingerprint density at radius 2 is 1.38 bits per heavy atom. The SMILES string of the molecule is NCCCOCCOCCOCCCNC(=O)CCCN1C(=O)C=CC1=O.O=C(O)C(F)(F)F. The number of ether oxygens (including phenoxy) is 3. The van der Waals surface area contributed by atoms with Crippen LogP contribution in [0.2, 0.25) is 0 Å². The van der Waals surface area contributed by atoms with Gasteiger partial charge in [-0.05, 0) is 25.8 Å². The van der Waals surface area contributed by atoms with Crippen molar-refractivity contribution in [3.8, 4) is 0 Å². The number of nitrogens with zero attached hydrogens (tertiary/aromatic N) is 1. The molecule has 14 heteroatoms. The lowest BCUT2D eigenvalue weighted by Gasteiger charge is -2.13. The Bertz CT molecular complexity index is 641. The van der Waals surface area contributed by atoms with Crippen LogP contribution in [-0.2, 0) is 33.4 Å². The zero-order chi connectivity index (χ0) is 25.8. The van der Waals surface area contributed by atoms with Gasteiger partial charge in [-0.3, -0.25) is 19.3 Å². The largest absolute Gasteiger partial charge is 0.490 e. The van der Waals surface area contributed by atoms with Crippen LogP contribution in [0.1, 0.15) is 25.7 Å². The van der Waals surface area contributed by atoms with Gasteiger partial charge in [-0.2, -0.15) is 13.2 Å². The third-order valence-electron chi connectivity index (χ3n) is 3.95. The highest BCUT2D eigenvalue weighted by Crippen LogP contribution is 2.13. The molecule has 1 aliphatic rings. The summed E-state index contributed by atoms with van der Waals surface area (Å²) < 4.78 is 47.8. The van der Waals surface area contributed by atoms with Crippen molar-refractivity contribution in [2.75, 3.05) is 59.3 Å². The summed E-state index contributed by atoms with van der Waals surface area (Å²) in [7, 11) is 0. The van der Waals surface area contributed by atoms with Gasteiger partial charge >= 0.3 is 12.1 Å². The Morgan fingerprint density at radius 1 is 0.912 bits per heavy atom. The molecule has 196 valence electrons. The number of aliphatic carboxylic acids is 1. The van der Waals surface area contributed by atoms with E-state index in [1.165, 1.54) is 12.2 Å². The van der Waals surface area contributed by atoms with Gasteiger partial charge < -0.3 is 30.4 Å². The number of nitrogens with two attached hydrogens (primary N) is 1. The highest BCUT2D eigenvalue weighted by atomic mass is 19.4. The second kappa shape index (κ2) is 18.8. The maximum Gasteiger partial charge on any atom is 0.490 e. The number of hydrogen-bond acceptors (Lipinski definition) is 8. The zero-order valence-corrected chi connectivity index (χ0v) is 18.8. The molecular formula is C20H32F3N3O8. The summed E-state index contributed by atoms with van der Waals surface area (Å²) in [5.74, 6) is -3.49. The molecule has 0 unspecified atom stereocenters. The molecule has 0 spiro atoms. The normalized spacial score (nSPS) is 13.1. The van der Waals surface area contributed by atoms with Gasteiger partial charge in [0.15, 0.2) is 0 Å². The molecule has 0 atom stereocenters. The third kappa shape index (κ3) is 17.0. The van der Waals surface area contributed by atoms with Crippen molar-refractivity contribution in [1.82, 2.24) is 10.2 Å². The van der Waals surface area contributed by atoms with E-state index in [1.54, 1.807) is 0 Å². The Labute approximate surface area is 195 Å². The minimum Gasteiger partial charge on any atom is -0.475 e. The number of alkyl halides is 3. The number of nitrogens with one attached hydrogen (secondary N) is 1. The number of carbonyl (C=O) groups excluding carboxylic acids is 3. The first-order valence-corrected chi connectivity index (χ1v) is 10.6. The highest BCUT2D eigenvalue weighted by molar-refractivity contribution is 6.12. The van der Waals surface area contributed by atoms with Crippen molar-refractivity contribution in [2.24, 2.45) is 5.73 Å². The van der Waals surface area contributed by atoms with E-state index in [9.17, 15) is 27.6 Å². The van der Waals surface area contributed by atoms with Crippen LogP contribution in [0.3, 0.4) is 0 Å². The fraction of sp³-hybridized carbons (Fsp3) is 0.700. The van der Waals surface area contributed by atoms with Crippen LogP contribution in [0.4, 0.5) is 13.2 Å². The van der Waals surface area contributed by atoms with E-state index < -0.39 is 12.1 Å². The molecule has 0 radical (unpaired) electrons. The average Bonchev–Trinajstić information content (AvgIpc) is 3.09. The van der Waals surface area contributed by atoms with Crippen molar-refractivity contribution in [3.63, 3.8) is 0 Å². The monoisotopic (exact) mass is 499 g/mol. The number of hydrogen-bond donors (Lipinski definition) is 3. The molecule has 11 nitrogen and oxygen atoms in total. The summed E-state index contributed by atoms with van der Waals surface area (Å²) in [5.41, 5.74) is 5.35. The Morgan fingerprint density at radius 3 is 1.85 bits per heavy atom. The summed E-state index contributed by atoms with van der Waals surface area (Å²) in [6.45, 7) is 4.73. The number of carboxylic acid groups (broad SMARTS) is 1. The Balaban J connectivity index is 0.00000135. The Kier molecular flexibility index (Phi) is 17.4. The molecule has 3 amide bonds. The van der Waals surface area contributed by atoms with E-state index in [2.05, 4.69) is 5.32 Å². The molecule has 0 saturated heterocycles. The zero-order valence-electron chi connectivity index (χ0n) is 18.8. The number of amides is 3. The van der Waals surface area contributed by atoms with Gasteiger partial charge in [-0.1, -0.05) is 0 Å². The number of halogens is 3. The van der Waals surface area contributed by atoms with Gasteiger partial charge in [0, 0.05) is 44.9 Å². The maximum atomic E-state index is 11.7. The van der Waals surface area contributed by atoms with Crippen LogP contribution >= 0.6 is 0 Å². The maximum absolute atomic E-state index is 11.7. The molecule has 0 aliphatic carbocycles. The number of carboxylic acids is 1. The minimum atomic E-state index is -5.08.